The van der Waals surface area contributed by atoms with Gasteiger partial charge in [0, 0.05) is 24.5 Å². The van der Waals surface area contributed by atoms with Crippen LogP contribution in [0.5, 0.6) is 0 Å². The summed E-state index contributed by atoms with van der Waals surface area (Å²) in [6.07, 6.45) is 3.06. The van der Waals surface area contributed by atoms with Gasteiger partial charge in [0.2, 0.25) is 15.9 Å². The van der Waals surface area contributed by atoms with Gasteiger partial charge in [0.05, 0.1) is 17.1 Å². The van der Waals surface area contributed by atoms with Gasteiger partial charge < -0.3 is 10.6 Å². The number of sulfonamides is 1. The lowest BCUT2D eigenvalue weighted by Gasteiger charge is -2.19. The van der Waals surface area contributed by atoms with E-state index in [1.54, 1.807) is 37.0 Å². The molecule has 1 amide bonds. The molecule has 158 valence electrons. The minimum atomic E-state index is -3.58. The van der Waals surface area contributed by atoms with E-state index in [9.17, 15) is 13.2 Å². The quantitative estimate of drug-likeness (QED) is 0.541. The molecular formula is C20H24N6O3S. The summed E-state index contributed by atoms with van der Waals surface area (Å²) in [5.41, 5.74) is 2.05. The van der Waals surface area contributed by atoms with Gasteiger partial charge in [-0.3, -0.25) is 4.79 Å². The molecule has 0 aliphatic rings. The second kappa shape index (κ2) is 9.51. The van der Waals surface area contributed by atoms with Crippen LogP contribution in [0.25, 0.3) is 5.69 Å². The lowest BCUT2D eigenvalue weighted by Crippen LogP contribution is -2.30. The number of carbonyl (C=O) groups excluding carboxylic acids is 1. The SMILES string of the molecule is CCN(CC)S(=O)(=O)c1cccc(NC(=O)CNc2ccc(-n3cncn3)cc2)c1. The first-order valence-corrected chi connectivity index (χ1v) is 11.0. The van der Waals surface area contributed by atoms with Crippen LogP contribution in [0.3, 0.4) is 0 Å². The number of rotatable bonds is 9. The third-order valence-corrected chi connectivity index (χ3v) is 6.51. The second-order valence-electron chi connectivity index (χ2n) is 6.41. The lowest BCUT2D eigenvalue weighted by molar-refractivity contribution is -0.114. The Morgan fingerprint density at radius 1 is 1.07 bits per heavy atom. The van der Waals surface area contributed by atoms with Crippen LogP contribution in [0.15, 0.2) is 66.1 Å². The van der Waals surface area contributed by atoms with Crippen LogP contribution >= 0.6 is 0 Å². The van der Waals surface area contributed by atoms with Crippen LogP contribution in [0, 0.1) is 0 Å². The number of carbonyl (C=O) groups is 1. The molecular weight excluding hydrogens is 404 g/mol. The Labute approximate surface area is 175 Å². The summed E-state index contributed by atoms with van der Waals surface area (Å²) in [4.78, 5) is 16.3. The first-order valence-electron chi connectivity index (χ1n) is 9.53. The number of hydrogen-bond donors (Lipinski definition) is 2. The van der Waals surface area contributed by atoms with E-state index in [0.29, 0.717) is 18.8 Å². The Kier molecular flexibility index (Phi) is 6.80. The van der Waals surface area contributed by atoms with Crippen molar-refractivity contribution >= 4 is 27.3 Å². The van der Waals surface area contributed by atoms with E-state index in [1.165, 1.54) is 22.8 Å². The summed E-state index contributed by atoms with van der Waals surface area (Å²) in [5.74, 6) is -0.285. The highest BCUT2D eigenvalue weighted by molar-refractivity contribution is 7.89. The van der Waals surface area contributed by atoms with Crippen molar-refractivity contribution in [2.24, 2.45) is 0 Å². The summed E-state index contributed by atoms with van der Waals surface area (Å²) >= 11 is 0. The van der Waals surface area contributed by atoms with Crippen molar-refractivity contribution in [2.75, 3.05) is 30.3 Å². The zero-order valence-corrected chi connectivity index (χ0v) is 17.6. The number of hydrogen-bond acceptors (Lipinski definition) is 6. The summed E-state index contributed by atoms with van der Waals surface area (Å²) in [5, 5.41) is 9.82. The molecule has 0 saturated carbocycles. The van der Waals surface area contributed by atoms with Crippen molar-refractivity contribution < 1.29 is 13.2 Å². The maximum atomic E-state index is 12.6. The minimum absolute atomic E-state index is 0.0374. The lowest BCUT2D eigenvalue weighted by atomic mass is 10.3. The molecule has 0 radical (unpaired) electrons. The highest BCUT2D eigenvalue weighted by Crippen LogP contribution is 2.19. The van der Waals surface area contributed by atoms with Crippen LogP contribution < -0.4 is 10.6 Å². The van der Waals surface area contributed by atoms with E-state index >= 15 is 0 Å². The molecule has 3 rings (SSSR count). The van der Waals surface area contributed by atoms with Gasteiger partial charge >= 0.3 is 0 Å². The molecule has 3 aromatic rings. The molecule has 9 nitrogen and oxygen atoms in total. The largest absolute Gasteiger partial charge is 0.376 e. The molecule has 0 atom stereocenters. The van der Waals surface area contributed by atoms with Crippen LogP contribution in [0.4, 0.5) is 11.4 Å². The normalized spacial score (nSPS) is 11.4. The molecule has 0 saturated heterocycles. The van der Waals surface area contributed by atoms with Crippen LogP contribution in [-0.2, 0) is 14.8 Å². The smallest absolute Gasteiger partial charge is 0.243 e. The number of amides is 1. The highest BCUT2D eigenvalue weighted by Gasteiger charge is 2.21. The Morgan fingerprint density at radius 3 is 2.43 bits per heavy atom. The third-order valence-electron chi connectivity index (χ3n) is 4.46. The Bertz CT molecular complexity index is 1080. The number of anilines is 2. The first-order chi connectivity index (χ1) is 14.4. The zero-order chi connectivity index (χ0) is 21.6. The van der Waals surface area contributed by atoms with Crippen molar-refractivity contribution in [3.05, 3.63) is 61.2 Å². The van der Waals surface area contributed by atoms with E-state index in [4.69, 9.17) is 0 Å². The predicted molar refractivity (Wildman–Crippen MR) is 115 cm³/mol. The fraction of sp³-hybridized carbons (Fsp3) is 0.250. The van der Waals surface area contributed by atoms with E-state index in [0.717, 1.165) is 11.4 Å². The summed E-state index contributed by atoms with van der Waals surface area (Å²) in [6, 6.07) is 13.7. The van der Waals surface area contributed by atoms with Crippen molar-refractivity contribution in [3.63, 3.8) is 0 Å². The van der Waals surface area contributed by atoms with E-state index in [1.807, 2.05) is 24.3 Å². The zero-order valence-electron chi connectivity index (χ0n) is 16.8. The molecule has 10 heteroatoms. The fourth-order valence-electron chi connectivity index (χ4n) is 2.91. The van der Waals surface area contributed by atoms with Gasteiger partial charge in [-0.15, -0.1) is 0 Å². The molecule has 0 aliphatic heterocycles. The second-order valence-corrected chi connectivity index (χ2v) is 8.34. The topological polar surface area (TPSA) is 109 Å². The van der Waals surface area contributed by atoms with Crippen LogP contribution in [0.1, 0.15) is 13.8 Å². The van der Waals surface area contributed by atoms with Gasteiger partial charge in [0.15, 0.2) is 0 Å². The van der Waals surface area contributed by atoms with E-state index in [-0.39, 0.29) is 17.3 Å². The third kappa shape index (κ3) is 5.02. The summed E-state index contributed by atoms with van der Waals surface area (Å²) < 4.78 is 28.3. The van der Waals surface area contributed by atoms with Crippen molar-refractivity contribution in [1.82, 2.24) is 19.1 Å². The van der Waals surface area contributed by atoms with Gasteiger partial charge in [0.25, 0.3) is 0 Å². The van der Waals surface area contributed by atoms with E-state index < -0.39 is 10.0 Å². The number of aromatic nitrogens is 3. The molecule has 0 bridgehead atoms. The Balaban J connectivity index is 1.60. The van der Waals surface area contributed by atoms with E-state index in [2.05, 4.69) is 20.7 Å². The monoisotopic (exact) mass is 428 g/mol. The summed E-state index contributed by atoms with van der Waals surface area (Å²) in [6.45, 7) is 4.38. The highest BCUT2D eigenvalue weighted by atomic mass is 32.2. The number of nitrogens with one attached hydrogen (secondary N) is 2. The van der Waals surface area contributed by atoms with Crippen molar-refractivity contribution in [1.29, 1.82) is 0 Å². The Morgan fingerprint density at radius 2 is 1.80 bits per heavy atom. The fourth-order valence-corrected chi connectivity index (χ4v) is 4.41. The van der Waals surface area contributed by atoms with Crippen molar-refractivity contribution in [2.45, 2.75) is 18.7 Å². The Hall–Kier alpha value is -3.24. The molecule has 1 aromatic heterocycles. The average molecular weight is 429 g/mol. The molecule has 2 N–H and O–H groups in total. The van der Waals surface area contributed by atoms with Gasteiger partial charge in [-0.2, -0.15) is 9.40 Å². The number of benzene rings is 2. The molecule has 0 spiro atoms. The van der Waals surface area contributed by atoms with Crippen LogP contribution in [-0.4, -0.2) is 53.0 Å². The van der Waals surface area contributed by atoms with Gasteiger partial charge in [-0.25, -0.2) is 18.1 Å². The first kappa shape index (κ1) is 21.5. The molecule has 0 unspecified atom stereocenters. The predicted octanol–water partition coefficient (Wildman–Crippen LogP) is 2.35. The summed E-state index contributed by atoms with van der Waals surface area (Å²) in [7, 11) is -3.58. The van der Waals surface area contributed by atoms with Crippen LogP contribution in [0.2, 0.25) is 0 Å². The van der Waals surface area contributed by atoms with Gasteiger partial charge in [-0.1, -0.05) is 19.9 Å². The average Bonchev–Trinajstić information content (AvgIpc) is 3.28. The molecule has 1 heterocycles. The maximum absolute atomic E-state index is 12.6. The molecule has 30 heavy (non-hydrogen) atoms. The van der Waals surface area contributed by atoms with Gasteiger partial charge in [-0.05, 0) is 42.5 Å². The van der Waals surface area contributed by atoms with Crippen molar-refractivity contribution in [3.8, 4) is 5.69 Å². The molecule has 0 aliphatic carbocycles. The maximum Gasteiger partial charge on any atom is 0.243 e. The standard InChI is InChI=1S/C20H24N6O3S/c1-3-25(4-2)30(28,29)19-7-5-6-17(12-19)24-20(27)13-22-16-8-10-18(11-9-16)26-15-21-14-23-26/h5-12,14-15,22H,3-4,13H2,1-2H3,(H,24,27). The molecule has 0 fully saturated rings. The minimum Gasteiger partial charge on any atom is -0.376 e. The number of nitrogens with zero attached hydrogens (tertiary/aromatic N) is 4. The van der Waals surface area contributed by atoms with Gasteiger partial charge in [0.1, 0.15) is 12.7 Å². The molecule has 2 aromatic carbocycles.